The molecule has 1 aliphatic rings. The van der Waals surface area contributed by atoms with Gasteiger partial charge >= 0.3 is 0 Å². The fourth-order valence-electron chi connectivity index (χ4n) is 3.11. The van der Waals surface area contributed by atoms with E-state index in [9.17, 15) is 4.39 Å². The van der Waals surface area contributed by atoms with Crippen molar-refractivity contribution in [1.29, 1.82) is 0 Å². The quantitative estimate of drug-likeness (QED) is 0.730. The molecule has 0 radical (unpaired) electrons. The monoisotopic (exact) mass is 349 g/mol. The molecule has 0 spiro atoms. The van der Waals surface area contributed by atoms with E-state index in [1.54, 1.807) is 19.1 Å². The molecule has 1 aliphatic heterocycles. The van der Waals surface area contributed by atoms with Crippen molar-refractivity contribution in [2.45, 2.75) is 33.0 Å². The number of likely N-dealkylation sites (tertiary alicyclic amines) is 1. The molecule has 7 heteroatoms. The van der Waals surface area contributed by atoms with E-state index in [1.165, 1.54) is 7.11 Å². The molecular formula is C18H24FN3O3. The molecule has 1 fully saturated rings. The van der Waals surface area contributed by atoms with Crippen molar-refractivity contribution in [3.63, 3.8) is 0 Å². The Balaban J connectivity index is 1.37. The van der Waals surface area contributed by atoms with Gasteiger partial charge < -0.3 is 14.0 Å². The van der Waals surface area contributed by atoms with Gasteiger partial charge in [-0.25, -0.2) is 4.39 Å². The van der Waals surface area contributed by atoms with Crippen LogP contribution in [0.2, 0.25) is 0 Å². The van der Waals surface area contributed by atoms with Gasteiger partial charge in [0.2, 0.25) is 0 Å². The van der Waals surface area contributed by atoms with Crippen LogP contribution in [-0.2, 0) is 17.8 Å². The molecule has 1 unspecified atom stereocenters. The van der Waals surface area contributed by atoms with E-state index < -0.39 is 0 Å². The Hall–Kier alpha value is -1.99. The highest BCUT2D eigenvalue weighted by Crippen LogP contribution is 2.21. The molecular weight excluding hydrogens is 325 g/mol. The van der Waals surface area contributed by atoms with Crippen molar-refractivity contribution in [2.24, 2.45) is 5.92 Å². The zero-order valence-electron chi connectivity index (χ0n) is 14.9. The van der Waals surface area contributed by atoms with Crippen LogP contribution in [0.5, 0.6) is 5.75 Å². The summed E-state index contributed by atoms with van der Waals surface area (Å²) >= 11 is 0. The van der Waals surface area contributed by atoms with Crippen LogP contribution in [0.25, 0.3) is 0 Å². The van der Waals surface area contributed by atoms with Crippen molar-refractivity contribution in [1.82, 2.24) is 15.0 Å². The zero-order valence-corrected chi connectivity index (χ0v) is 14.9. The summed E-state index contributed by atoms with van der Waals surface area (Å²) in [6.07, 6.45) is 1.04. The third-order valence-electron chi connectivity index (χ3n) is 4.31. The average Bonchev–Trinajstić information content (AvgIpc) is 2.95. The van der Waals surface area contributed by atoms with Gasteiger partial charge in [-0.2, -0.15) is 4.98 Å². The molecule has 6 nitrogen and oxygen atoms in total. The number of ether oxygens (including phenoxy) is 2. The summed E-state index contributed by atoms with van der Waals surface area (Å²) in [5.74, 6) is 1.56. The third-order valence-corrected chi connectivity index (χ3v) is 4.31. The predicted molar refractivity (Wildman–Crippen MR) is 89.9 cm³/mol. The molecule has 25 heavy (non-hydrogen) atoms. The molecule has 2 heterocycles. The largest absolute Gasteiger partial charge is 0.494 e. The summed E-state index contributed by atoms with van der Waals surface area (Å²) in [5, 5.41) is 3.74. The molecule has 136 valence electrons. The number of aryl methyl sites for hydroxylation is 1. The first-order chi connectivity index (χ1) is 12.0. The minimum Gasteiger partial charge on any atom is -0.494 e. The smallest absolute Gasteiger partial charge is 0.252 e. The van der Waals surface area contributed by atoms with Gasteiger partial charge in [0.15, 0.2) is 17.4 Å². The number of methoxy groups -OCH3 is 1. The second-order valence-corrected chi connectivity index (χ2v) is 6.67. The zero-order chi connectivity index (χ0) is 17.8. The lowest BCUT2D eigenvalue weighted by atomic mass is 9.98. The lowest BCUT2D eigenvalue weighted by Crippen LogP contribution is -2.53. The van der Waals surface area contributed by atoms with E-state index >= 15 is 0 Å². The molecule has 0 aliphatic carbocycles. The molecule has 2 aromatic rings. The van der Waals surface area contributed by atoms with Crippen LogP contribution in [0.3, 0.4) is 0 Å². The normalized spacial score (nSPS) is 16.6. The Bertz CT molecular complexity index is 701. The molecule has 1 atom stereocenters. The van der Waals surface area contributed by atoms with Gasteiger partial charge in [-0.3, -0.25) is 4.90 Å². The molecule has 1 aromatic heterocycles. The molecule has 0 N–H and O–H groups in total. The highest BCUT2D eigenvalue weighted by molar-refractivity contribution is 5.29. The number of rotatable bonds is 8. The molecule has 1 aromatic carbocycles. The summed E-state index contributed by atoms with van der Waals surface area (Å²) in [6, 6.07) is 5.17. The van der Waals surface area contributed by atoms with E-state index in [1.807, 2.05) is 6.07 Å². The molecule has 3 rings (SSSR count). The van der Waals surface area contributed by atoms with E-state index in [4.69, 9.17) is 14.0 Å². The first-order valence-electron chi connectivity index (χ1n) is 8.49. The van der Waals surface area contributed by atoms with Crippen LogP contribution in [0.1, 0.15) is 24.2 Å². The number of aromatic nitrogens is 2. The molecule has 0 saturated carbocycles. The SMILES string of the molecule is COc1ccc(CC(C)CN2CC(OCc3nc(C)no3)C2)cc1F. The second-order valence-electron chi connectivity index (χ2n) is 6.67. The first-order valence-corrected chi connectivity index (χ1v) is 8.49. The predicted octanol–water partition coefficient (Wildman–Crippen LogP) is 2.61. The van der Waals surface area contributed by atoms with Gasteiger partial charge in [0.05, 0.1) is 13.2 Å². The minimum atomic E-state index is -0.305. The highest BCUT2D eigenvalue weighted by atomic mass is 19.1. The fraction of sp³-hybridized carbons (Fsp3) is 0.556. The molecule has 0 amide bonds. The van der Waals surface area contributed by atoms with Crippen LogP contribution in [0.15, 0.2) is 22.7 Å². The maximum absolute atomic E-state index is 13.7. The first kappa shape index (κ1) is 17.8. The summed E-state index contributed by atoms with van der Waals surface area (Å²) in [4.78, 5) is 6.46. The van der Waals surface area contributed by atoms with E-state index in [-0.39, 0.29) is 17.7 Å². The summed E-state index contributed by atoms with van der Waals surface area (Å²) < 4.78 is 29.5. The Morgan fingerprint density at radius 2 is 2.20 bits per heavy atom. The topological polar surface area (TPSA) is 60.6 Å². The summed E-state index contributed by atoms with van der Waals surface area (Å²) in [5.41, 5.74) is 0.992. The number of hydrogen-bond donors (Lipinski definition) is 0. The lowest BCUT2D eigenvalue weighted by molar-refractivity contribution is -0.0726. The number of benzene rings is 1. The Kier molecular flexibility index (Phi) is 5.65. The Labute approximate surface area is 146 Å². The van der Waals surface area contributed by atoms with Crippen LogP contribution in [-0.4, -0.2) is 47.9 Å². The fourth-order valence-corrected chi connectivity index (χ4v) is 3.11. The maximum atomic E-state index is 13.7. The average molecular weight is 349 g/mol. The maximum Gasteiger partial charge on any atom is 0.252 e. The van der Waals surface area contributed by atoms with Gasteiger partial charge in [-0.15, -0.1) is 0 Å². The van der Waals surface area contributed by atoms with Crippen molar-refractivity contribution in [3.8, 4) is 5.75 Å². The van der Waals surface area contributed by atoms with Crippen molar-refractivity contribution < 1.29 is 18.4 Å². The van der Waals surface area contributed by atoms with E-state index in [0.29, 0.717) is 24.2 Å². The van der Waals surface area contributed by atoms with Crippen LogP contribution >= 0.6 is 0 Å². The van der Waals surface area contributed by atoms with Crippen molar-refractivity contribution in [2.75, 3.05) is 26.7 Å². The Morgan fingerprint density at radius 1 is 1.40 bits per heavy atom. The minimum absolute atomic E-state index is 0.206. The summed E-state index contributed by atoms with van der Waals surface area (Å²) in [7, 11) is 1.47. The third kappa shape index (κ3) is 4.76. The lowest BCUT2D eigenvalue weighted by Gasteiger charge is -2.40. The van der Waals surface area contributed by atoms with Gasteiger partial charge in [0.1, 0.15) is 6.61 Å². The highest BCUT2D eigenvalue weighted by Gasteiger charge is 2.28. The van der Waals surface area contributed by atoms with Crippen molar-refractivity contribution >= 4 is 0 Å². The second kappa shape index (κ2) is 7.93. The van der Waals surface area contributed by atoms with E-state index in [0.717, 1.165) is 31.6 Å². The van der Waals surface area contributed by atoms with Crippen LogP contribution < -0.4 is 4.74 Å². The molecule has 0 bridgehead atoms. The standard InChI is InChI=1S/C18H24FN3O3/c1-12(6-14-4-5-17(23-3)16(19)7-14)8-22-9-15(10-22)24-11-18-20-13(2)21-25-18/h4-5,7,12,15H,6,8-11H2,1-3H3. The number of hydrogen-bond acceptors (Lipinski definition) is 6. The van der Waals surface area contributed by atoms with Gasteiger partial charge in [-0.05, 0) is 37.0 Å². The summed E-state index contributed by atoms with van der Waals surface area (Å²) in [6.45, 7) is 7.09. The molecule has 1 saturated heterocycles. The van der Waals surface area contributed by atoms with Gasteiger partial charge in [-0.1, -0.05) is 18.1 Å². The van der Waals surface area contributed by atoms with Crippen LogP contribution in [0.4, 0.5) is 4.39 Å². The Morgan fingerprint density at radius 3 is 2.84 bits per heavy atom. The van der Waals surface area contributed by atoms with Gasteiger partial charge in [0.25, 0.3) is 5.89 Å². The van der Waals surface area contributed by atoms with E-state index in [2.05, 4.69) is 22.0 Å². The van der Waals surface area contributed by atoms with Gasteiger partial charge in [0, 0.05) is 19.6 Å². The number of nitrogens with zero attached hydrogens (tertiary/aromatic N) is 3. The van der Waals surface area contributed by atoms with Crippen molar-refractivity contribution in [3.05, 3.63) is 41.3 Å². The van der Waals surface area contributed by atoms with Crippen LogP contribution in [0, 0.1) is 18.7 Å². The number of halogens is 1.